The molecule has 0 aliphatic carbocycles. The minimum atomic E-state index is 0.966. The van der Waals surface area contributed by atoms with Gasteiger partial charge < -0.3 is 0 Å². The SMILES string of the molecule is Brc1cc(-c2ccccc2)nc(-c2ccc(-c3ccccc3)cc2)c1. The second-order valence-corrected chi connectivity index (χ2v) is 6.78. The monoisotopic (exact) mass is 385 g/mol. The standard InChI is InChI=1S/C23H16BrN/c24-21-15-22(19-9-5-2-6-10-19)25-23(16-21)20-13-11-18(12-14-20)17-7-3-1-4-8-17/h1-16H. The van der Waals surface area contributed by atoms with Crippen LogP contribution in [0.4, 0.5) is 0 Å². The predicted octanol–water partition coefficient (Wildman–Crippen LogP) is 6.85. The highest BCUT2D eigenvalue weighted by molar-refractivity contribution is 9.10. The van der Waals surface area contributed by atoms with Gasteiger partial charge in [-0.15, -0.1) is 0 Å². The number of aromatic nitrogens is 1. The Morgan fingerprint density at radius 2 is 0.880 bits per heavy atom. The average Bonchev–Trinajstić information content (AvgIpc) is 2.69. The Kier molecular flexibility index (Phi) is 4.45. The van der Waals surface area contributed by atoms with Crippen molar-refractivity contribution in [3.05, 3.63) is 102 Å². The summed E-state index contributed by atoms with van der Waals surface area (Å²) in [5.41, 5.74) is 6.60. The van der Waals surface area contributed by atoms with E-state index in [1.807, 2.05) is 24.3 Å². The molecule has 0 aliphatic heterocycles. The smallest absolute Gasteiger partial charge is 0.0720 e. The molecule has 0 radical (unpaired) electrons. The number of rotatable bonds is 3. The summed E-state index contributed by atoms with van der Waals surface area (Å²) in [6.45, 7) is 0. The quantitative estimate of drug-likeness (QED) is 0.375. The van der Waals surface area contributed by atoms with Crippen LogP contribution in [0.2, 0.25) is 0 Å². The van der Waals surface area contributed by atoms with Crippen LogP contribution in [-0.4, -0.2) is 4.98 Å². The number of nitrogens with zero attached hydrogens (tertiary/aromatic N) is 1. The topological polar surface area (TPSA) is 12.9 Å². The van der Waals surface area contributed by atoms with Gasteiger partial charge in [-0.1, -0.05) is 101 Å². The number of halogens is 1. The van der Waals surface area contributed by atoms with Gasteiger partial charge in [-0.25, -0.2) is 4.98 Å². The highest BCUT2D eigenvalue weighted by atomic mass is 79.9. The molecule has 25 heavy (non-hydrogen) atoms. The minimum absolute atomic E-state index is 0.966. The molecule has 0 N–H and O–H groups in total. The van der Waals surface area contributed by atoms with Crippen LogP contribution < -0.4 is 0 Å². The summed E-state index contributed by atoms with van der Waals surface area (Å²) in [7, 11) is 0. The molecule has 0 amide bonds. The third-order valence-corrected chi connectivity index (χ3v) is 4.61. The predicted molar refractivity (Wildman–Crippen MR) is 108 cm³/mol. The van der Waals surface area contributed by atoms with Gasteiger partial charge in [0, 0.05) is 15.6 Å². The molecular weight excluding hydrogens is 370 g/mol. The van der Waals surface area contributed by atoms with E-state index >= 15 is 0 Å². The Morgan fingerprint density at radius 3 is 1.44 bits per heavy atom. The Labute approximate surface area is 156 Å². The summed E-state index contributed by atoms with van der Waals surface area (Å²) < 4.78 is 1.03. The molecular formula is C23H16BrN. The number of hydrogen-bond donors (Lipinski definition) is 0. The van der Waals surface area contributed by atoms with Gasteiger partial charge >= 0.3 is 0 Å². The van der Waals surface area contributed by atoms with E-state index in [0.717, 1.165) is 27.0 Å². The highest BCUT2D eigenvalue weighted by Gasteiger charge is 2.06. The molecule has 0 unspecified atom stereocenters. The Morgan fingerprint density at radius 1 is 0.480 bits per heavy atom. The van der Waals surface area contributed by atoms with Crippen molar-refractivity contribution in [3.63, 3.8) is 0 Å². The molecule has 1 aromatic heterocycles. The third-order valence-electron chi connectivity index (χ3n) is 4.15. The zero-order chi connectivity index (χ0) is 17.1. The van der Waals surface area contributed by atoms with E-state index in [1.165, 1.54) is 11.1 Å². The van der Waals surface area contributed by atoms with Crippen molar-refractivity contribution in [1.82, 2.24) is 4.98 Å². The number of benzene rings is 3. The first-order valence-corrected chi connectivity index (χ1v) is 8.98. The molecule has 3 aromatic carbocycles. The van der Waals surface area contributed by atoms with Crippen molar-refractivity contribution in [2.24, 2.45) is 0 Å². The van der Waals surface area contributed by atoms with Crippen LogP contribution in [0.15, 0.2) is 102 Å². The summed E-state index contributed by atoms with van der Waals surface area (Å²) in [4.78, 5) is 4.85. The van der Waals surface area contributed by atoms with Crippen molar-refractivity contribution < 1.29 is 0 Å². The fourth-order valence-electron chi connectivity index (χ4n) is 2.87. The first-order valence-electron chi connectivity index (χ1n) is 8.18. The molecule has 0 fully saturated rings. The highest BCUT2D eigenvalue weighted by Crippen LogP contribution is 2.29. The van der Waals surface area contributed by atoms with E-state index < -0.39 is 0 Å². The average molecular weight is 386 g/mol. The fourth-order valence-corrected chi connectivity index (χ4v) is 3.30. The second kappa shape index (κ2) is 7.04. The Hall–Kier alpha value is -2.71. The van der Waals surface area contributed by atoms with Crippen LogP contribution in [0.3, 0.4) is 0 Å². The number of pyridine rings is 1. The molecule has 0 saturated heterocycles. The van der Waals surface area contributed by atoms with Gasteiger partial charge in [-0.3, -0.25) is 0 Å². The van der Waals surface area contributed by atoms with Crippen LogP contribution in [-0.2, 0) is 0 Å². The molecule has 1 heterocycles. The molecule has 0 spiro atoms. The van der Waals surface area contributed by atoms with Crippen molar-refractivity contribution in [3.8, 4) is 33.6 Å². The molecule has 0 bridgehead atoms. The zero-order valence-corrected chi connectivity index (χ0v) is 15.1. The summed E-state index contributed by atoms with van der Waals surface area (Å²) in [5.74, 6) is 0. The zero-order valence-electron chi connectivity index (χ0n) is 13.6. The summed E-state index contributed by atoms with van der Waals surface area (Å²) >= 11 is 3.62. The maximum absolute atomic E-state index is 4.85. The van der Waals surface area contributed by atoms with Gasteiger partial charge in [0.1, 0.15) is 0 Å². The minimum Gasteiger partial charge on any atom is -0.248 e. The van der Waals surface area contributed by atoms with Gasteiger partial charge in [-0.05, 0) is 23.3 Å². The lowest BCUT2D eigenvalue weighted by atomic mass is 10.0. The molecule has 0 saturated carbocycles. The molecule has 4 aromatic rings. The molecule has 0 atom stereocenters. The van der Waals surface area contributed by atoms with Crippen LogP contribution in [0.5, 0.6) is 0 Å². The van der Waals surface area contributed by atoms with Gasteiger partial charge in [0.15, 0.2) is 0 Å². The first kappa shape index (κ1) is 15.8. The van der Waals surface area contributed by atoms with Crippen molar-refractivity contribution in [1.29, 1.82) is 0 Å². The maximum atomic E-state index is 4.85. The van der Waals surface area contributed by atoms with Gasteiger partial charge in [0.05, 0.1) is 11.4 Å². The lowest BCUT2D eigenvalue weighted by molar-refractivity contribution is 1.31. The Balaban J connectivity index is 1.71. The van der Waals surface area contributed by atoms with Gasteiger partial charge in [-0.2, -0.15) is 0 Å². The van der Waals surface area contributed by atoms with Gasteiger partial charge in [0.25, 0.3) is 0 Å². The van der Waals surface area contributed by atoms with Gasteiger partial charge in [0.2, 0.25) is 0 Å². The molecule has 0 aliphatic rings. The van der Waals surface area contributed by atoms with E-state index in [1.54, 1.807) is 0 Å². The first-order chi connectivity index (χ1) is 12.3. The van der Waals surface area contributed by atoms with Crippen LogP contribution in [0, 0.1) is 0 Å². The second-order valence-electron chi connectivity index (χ2n) is 5.87. The summed E-state index contributed by atoms with van der Waals surface area (Å²) in [6.07, 6.45) is 0. The third kappa shape index (κ3) is 3.54. The van der Waals surface area contributed by atoms with Crippen molar-refractivity contribution >= 4 is 15.9 Å². The Bertz CT molecular complexity index is 977. The van der Waals surface area contributed by atoms with Crippen molar-refractivity contribution in [2.75, 3.05) is 0 Å². The maximum Gasteiger partial charge on any atom is 0.0720 e. The van der Waals surface area contributed by atoms with E-state index in [0.29, 0.717) is 0 Å². The molecule has 4 rings (SSSR count). The van der Waals surface area contributed by atoms with E-state index in [-0.39, 0.29) is 0 Å². The molecule has 2 heteroatoms. The summed E-state index contributed by atoms with van der Waals surface area (Å²) in [5, 5.41) is 0. The van der Waals surface area contributed by atoms with E-state index in [9.17, 15) is 0 Å². The fraction of sp³-hybridized carbons (Fsp3) is 0. The summed E-state index contributed by atoms with van der Waals surface area (Å²) in [6, 6.07) is 33.3. The van der Waals surface area contributed by atoms with Crippen LogP contribution in [0.1, 0.15) is 0 Å². The lowest BCUT2D eigenvalue weighted by Crippen LogP contribution is -1.89. The lowest BCUT2D eigenvalue weighted by Gasteiger charge is -2.08. The number of hydrogen-bond acceptors (Lipinski definition) is 1. The van der Waals surface area contributed by atoms with E-state index in [4.69, 9.17) is 4.98 Å². The van der Waals surface area contributed by atoms with Crippen LogP contribution >= 0.6 is 15.9 Å². The van der Waals surface area contributed by atoms with Crippen LogP contribution in [0.25, 0.3) is 33.6 Å². The largest absolute Gasteiger partial charge is 0.248 e. The van der Waals surface area contributed by atoms with E-state index in [2.05, 4.69) is 88.7 Å². The normalized spacial score (nSPS) is 10.6. The van der Waals surface area contributed by atoms with Crippen molar-refractivity contribution in [2.45, 2.75) is 0 Å². The molecule has 120 valence electrons. The molecule has 1 nitrogen and oxygen atoms in total.